The zero-order valence-corrected chi connectivity index (χ0v) is 9.21. The predicted molar refractivity (Wildman–Crippen MR) is 59.1 cm³/mol. The van der Waals surface area contributed by atoms with Gasteiger partial charge in [-0.05, 0) is 37.9 Å². The maximum Gasteiger partial charge on any atom is 0.178 e. The Labute approximate surface area is 85.4 Å². The molecule has 76 valence electrons. The second-order valence-corrected chi connectivity index (χ2v) is 4.62. The van der Waals surface area contributed by atoms with Crippen molar-refractivity contribution in [3.05, 3.63) is 0 Å². The lowest BCUT2D eigenvalue weighted by molar-refractivity contribution is 0.165. The van der Waals surface area contributed by atoms with Crippen molar-refractivity contribution in [2.45, 2.75) is 45.1 Å². The van der Waals surface area contributed by atoms with Gasteiger partial charge in [0, 0.05) is 5.54 Å². The topological polar surface area (TPSA) is 50.1 Å². The van der Waals surface area contributed by atoms with Gasteiger partial charge in [-0.25, -0.2) is 5.43 Å². The molecule has 4 N–H and O–H groups in total. The van der Waals surface area contributed by atoms with Crippen molar-refractivity contribution < 1.29 is 0 Å². The minimum Gasteiger partial charge on any atom is -0.375 e. The molecule has 0 aromatic rings. The Balaban J connectivity index is 2.46. The van der Waals surface area contributed by atoms with Crippen molar-refractivity contribution in [1.29, 1.82) is 0 Å². The van der Waals surface area contributed by atoms with Crippen LogP contribution in [-0.4, -0.2) is 10.7 Å². The van der Waals surface area contributed by atoms with Gasteiger partial charge in [0.05, 0.1) is 0 Å². The Hall–Kier alpha value is -0.350. The van der Waals surface area contributed by atoms with Gasteiger partial charge in [-0.3, -0.25) is 5.43 Å². The molecule has 0 bridgehead atoms. The first-order valence-corrected chi connectivity index (χ1v) is 5.28. The number of hydrogen-bond donors (Lipinski definition) is 3. The number of thiocarbonyl (C=S) groups is 1. The van der Waals surface area contributed by atoms with Gasteiger partial charge in [-0.1, -0.05) is 19.8 Å². The van der Waals surface area contributed by atoms with E-state index in [1.165, 1.54) is 25.7 Å². The first-order chi connectivity index (χ1) is 6.04. The summed E-state index contributed by atoms with van der Waals surface area (Å²) in [7, 11) is 0. The highest BCUT2D eigenvalue weighted by molar-refractivity contribution is 7.80. The summed E-state index contributed by atoms with van der Waals surface area (Å²) in [5.41, 5.74) is 11.6. The van der Waals surface area contributed by atoms with E-state index in [0.29, 0.717) is 11.0 Å². The van der Waals surface area contributed by atoms with Crippen molar-refractivity contribution in [2.24, 2.45) is 11.7 Å². The smallest absolute Gasteiger partial charge is 0.178 e. The van der Waals surface area contributed by atoms with E-state index in [0.717, 1.165) is 0 Å². The van der Waals surface area contributed by atoms with E-state index in [9.17, 15) is 0 Å². The summed E-state index contributed by atoms with van der Waals surface area (Å²) in [5, 5.41) is 0.319. The van der Waals surface area contributed by atoms with Crippen molar-refractivity contribution in [3.63, 3.8) is 0 Å². The Bertz CT molecular complexity index is 195. The average molecular weight is 201 g/mol. The number of hydrogen-bond acceptors (Lipinski definition) is 2. The second kappa shape index (κ2) is 4.24. The third kappa shape index (κ3) is 2.81. The highest BCUT2D eigenvalue weighted by Gasteiger charge is 2.33. The van der Waals surface area contributed by atoms with Crippen LogP contribution in [0.4, 0.5) is 0 Å². The van der Waals surface area contributed by atoms with Gasteiger partial charge in [0.1, 0.15) is 0 Å². The molecule has 13 heavy (non-hydrogen) atoms. The van der Waals surface area contributed by atoms with Crippen LogP contribution in [0.15, 0.2) is 0 Å². The third-order valence-electron chi connectivity index (χ3n) is 3.14. The zero-order valence-electron chi connectivity index (χ0n) is 8.39. The van der Waals surface area contributed by atoms with Crippen molar-refractivity contribution in [2.75, 3.05) is 0 Å². The van der Waals surface area contributed by atoms with E-state index < -0.39 is 0 Å². The number of nitrogens with two attached hydrogens (primary N) is 1. The SMILES string of the molecule is CC1CCCCC1(C)NNC(N)=S. The largest absolute Gasteiger partial charge is 0.375 e. The van der Waals surface area contributed by atoms with Crippen LogP contribution in [0.2, 0.25) is 0 Å². The summed E-state index contributed by atoms with van der Waals surface area (Å²) < 4.78 is 0. The molecule has 0 heterocycles. The first kappa shape index (κ1) is 10.7. The van der Waals surface area contributed by atoms with E-state index >= 15 is 0 Å². The molecule has 2 atom stereocenters. The maximum atomic E-state index is 5.37. The molecule has 0 radical (unpaired) electrons. The van der Waals surface area contributed by atoms with Crippen molar-refractivity contribution in [1.82, 2.24) is 10.9 Å². The molecule has 1 saturated carbocycles. The predicted octanol–water partition coefficient (Wildman–Crippen LogP) is 1.29. The zero-order chi connectivity index (χ0) is 9.90. The monoisotopic (exact) mass is 201 g/mol. The lowest BCUT2D eigenvalue weighted by Gasteiger charge is -2.40. The summed E-state index contributed by atoms with van der Waals surface area (Å²) in [6, 6.07) is 0. The van der Waals surface area contributed by atoms with Gasteiger partial charge in [-0.2, -0.15) is 0 Å². The molecule has 4 heteroatoms. The molecule has 0 aromatic heterocycles. The lowest BCUT2D eigenvalue weighted by atomic mass is 9.75. The molecule has 0 saturated heterocycles. The summed E-state index contributed by atoms with van der Waals surface area (Å²) in [6.07, 6.45) is 5.09. The van der Waals surface area contributed by atoms with Gasteiger partial charge in [0.25, 0.3) is 0 Å². The molecular formula is C9H19N3S. The molecule has 0 aromatic carbocycles. The van der Waals surface area contributed by atoms with Crippen molar-refractivity contribution >= 4 is 17.3 Å². The standard InChI is InChI=1S/C9H19N3S/c1-7-5-3-4-6-9(7,2)12-11-8(10)13/h7,12H,3-6H2,1-2H3,(H3,10,11,13). The fourth-order valence-corrected chi connectivity index (χ4v) is 1.95. The van der Waals surface area contributed by atoms with Gasteiger partial charge in [0.15, 0.2) is 5.11 Å². The van der Waals surface area contributed by atoms with Crippen LogP contribution in [-0.2, 0) is 0 Å². The van der Waals surface area contributed by atoms with Crippen LogP contribution in [0.1, 0.15) is 39.5 Å². The van der Waals surface area contributed by atoms with E-state index in [1.54, 1.807) is 0 Å². The van der Waals surface area contributed by atoms with Gasteiger partial charge < -0.3 is 5.73 Å². The quantitative estimate of drug-likeness (QED) is 0.465. The maximum absolute atomic E-state index is 5.37. The Kier molecular flexibility index (Phi) is 3.50. The van der Waals surface area contributed by atoms with E-state index in [1.807, 2.05) is 0 Å². The van der Waals surface area contributed by atoms with Crippen LogP contribution >= 0.6 is 12.2 Å². The summed E-state index contributed by atoms with van der Waals surface area (Å²) >= 11 is 4.76. The fourth-order valence-electron chi connectivity index (χ4n) is 1.90. The molecule has 0 amide bonds. The number of hydrazine groups is 1. The fraction of sp³-hybridized carbons (Fsp3) is 0.889. The van der Waals surface area contributed by atoms with E-state index in [4.69, 9.17) is 18.0 Å². The molecule has 1 fully saturated rings. The molecular weight excluding hydrogens is 182 g/mol. The number of rotatable bonds is 2. The van der Waals surface area contributed by atoms with Crippen LogP contribution in [0.25, 0.3) is 0 Å². The van der Waals surface area contributed by atoms with Crippen LogP contribution in [0, 0.1) is 5.92 Å². The third-order valence-corrected chi connectivity index (χ3v) is 3.24. The Morgan fingerprint density at radius 3 is 2.77 bits per heavy atom. The van der Waals surface area contributed by atoms with Crippen LogP contribution < -0.4 is 16.6 Å². The van der Waals surface area contributed by atoms with Gasteiger partial charge >= 0.3 is 0 Å². The van der Waals surface area contributed by atoms with Gasteiger partial charge in [0.2, 0.25) is 0 Å². The summed E-state index contributed by atoms with van der Waals surface area (Å²) in [6.45, 7) is 4.50. The molecule has 1 aliphatic rings. The van der Waals surface area contributed by atoms with Crippen molar-refractivity contribution in [3.8, 4) is 0 Å². The number of nitrogens with one attached hydrogen (secondary N) is 2. The molecule has 0 aliphatic heterocycles. The highest BCUT2D eigenvalue weighted by atomic mass is 32.1. The summed E-state index contributed by atoms with van der Waals surface area (Å²) in [4.78, 5) is 0. The van der Waals surface area contributed by atoms with Crippen LogP contribution in [0.5, 0.6) is 0 Å². The molecule has 3 nitrogen and oxygen atoms in total. The van der Waals surface area contributed by atoms with E-state index in [-0.39, 0.29) is 5.54 Å². The molecule has 0 spiro atoms. The highest BCUT2D eigenvalue weighted by Crippen LogP contribution is 2.32. The molecule has 1 aliphatic carbocycles. The lowest BCUT2D eigenvalue weighted by Crippen LogP contribution is -2.58. The minimum atomic E-state index is 0.141. The summed E-state index contributed by atoms with van der Waals surface area (Å²) in [5.74, 6) is 0.670. The average Bonchev–Trinajstić information content (AvgIpc) is 2.07. The van der Waals surface area contributed by atoms with Gasteiger partial charge in [-0.15, -0.1) is 0 Å². The van der Waals surface area contributed by atoms with Crippen LogP contribution in [0.3, 0.4) is 0 Å². The minimum absolute atomic E-state index is 0.141. The Morgan fingerprint density at radius 1 is 1.54 bits per heavy atom. The first-order valence-electron chi connectivity index (χ1n) is 4.87. The van der Waals surface area contributed by atoms with E-state index in [2.05, 4.69) is 24.7 Å². The molecule has 1 rings (SSSR count). The normalized spacial score (nSPS) is 34.2. The Morgan fingerprint density at radius 2 is 2.23 bits per heavy atom. The second-order valence-electron chi connectivity index (χ2n) is 4.18. The molecule has 2 unspecified atom stereocenters.